The highest BCUT2D eigenvalue weighted by Gasteiger charge is 2.39. The van der Waals surface area contributed by atoms with Gasteiger partial charge in [-0.2, -0.15) is 0 Å². The molecule has 1 unspecified atom stereocenters. The monoisotopic (exact) mass is 354 g/mol. The summed E-state index contributed by atoms with van der Waals surface area (Å²) in [6.45, 7) is 4.39. The highest BCUT2D eigenvalue weighted by atomic mass is 16.5. The van der Waals surface area contributed by atoms with Crippen LogP contribution in [0.25, 0.3) is 0 Å². The van der Waals surface area contributed by atoms with E-state index in [2.05, 4.69) is 17.2 Å². The van der Waals surface area contributed by atoms with Crippen LogP contribution in [-0.2, 0) is 14.3 Å². The first kappa shape index (κ1) is 18.4. The average Bonchev–Trinajstić information content (AvgIpc) is 2.65. The Morgan fingerprint density at radius 3 is 2.88 bits per heavy atom. The van der Waals surface area contributed by atoms with Gasteiger partial charge in [-0.15, -0.1) is 0 Å². The van der Waals surface area contributed by atoms with E-state index in [4.69, 9.17) is 4.74 Å². The molecule has 1 atom stereocenters. The number of esters is 1. The van der Waals surface area contributed by atoms with Crippen LogP contribution in [0.15, 0.2) is 46.9 Å². The molecule has 26 heavy (non-hydrogen) atoms. The second-order valence-electron chi connectivity index (χ2n) is 6.86. The van der Waals surface area contributed by atoms with Crippen LogP contribution < -0.4 is 5.32 Å². The Labute approximate surface area is 154 Å². The minimum Gasteiger partial charge on any atom is -0.462 e. The second kappa shape index (κ2) is 8.30. The summed E-state index contributed by atoms with van der Waals surface area (Å²) in [5, 5.41) is 3.29. The van der Waals surface area contributed by atoms with Gasteiger partial charge >= 0.3 is 5.97 Å². The third-order valence-electron chi connectivity index (χ3n) is 4.96. The molecule has 1 aliphatic heterocycles. The number of aromatic nitrogens is 1. The Hall–Kier alpha value is -2.43. The van der Waals surface area contributed by atoms with Crippen molar-refractivity contribution in [1.82, 2.24) is 10.3 Å². The number of Topliss-reactive ketones (excluding diaryl/α,β-unsaturated/α-hetero) is 1. The van der Waals surface area contributed by atoms with Gasteiger partial charge < -0.3 is 10.1 Å². The molecule has 2 aliphatic rings. The smallest absolute Gasteiger partial charge is 0.336 e. The molecular formula is C21H26N2O3. The van der Waals surface area contributed by atoms with E-state index in [9.17, 15) is 9.59 Å². The summed E-state index contributed by atoms with van der Waals surface area (Å²) in [5.74, 6) is -0.705. The average molecular weight is 354 g/mol. The number of ether oxygens (including phenoxy) is 1. The molecule has 0 saturated heterocycles. The molecule has 1 aromatic rings. The normalized spacial score (nSPS) is 19.9. The predicted octanol–water partition coefficient (Wildman–Crippen LogP) is 3.78. The SMILES string of the molecule is CCCCCOC(=O)C1=C(C)NC2=C(C(=O)CCC2)C1c1ccccn1. The van der Waals surface area contributed by atoms with Crippen LogP contribution in [0.4, 0.5) is 0 Å². The van der Waals surface area contributed by atoms with Gasteiger partial charge in [0.05, 0.1) is 23.8 Å². The van der Waals surface area contributed by atoms with Gasteiger partial charge in [-0.25, -0.2) is 4.79 Å². The van der Waals surface area contributed by atoms with E-state index in [1.807, 2.05) is 25.1 Å². The molecule has 0 fully saturated rings. The van der Waals surface area contributed by atoms with E-state index in [0.717, 1.165) is 49.2 Å². The number of ketones is 1. The van der Waals surface area contributed by atoms with Gasteiger partial charge in [-0.05, 0) is 38.3 Å². The second-order valence-corrected chi connectivity index (χ2v) is 6.86. The number of dihydropyridines is 1. The number of carbonyl (C=O) groups is 2. The van der Waals surface area contributed by atoms with Gasteiger partial charge in [0.25, 0.3) is 0 Å². The maximum absolute atomic E-state index is 12.9. The molecular weight excluding hydrogens is 328 g/mol. The summed E-state index contributed by atoms with van der Waals surface area (Å²) in [7, 11) is 0. The lowest BCUT2D eigenvalue weighted by Crippen LogP contribution is -2.34. The number of allylic oxidation sites excluding steroid dienone is 3. The van der Waals surface area contributed by atoms with Crippen molar-refractivity contribution in [3.8, 4) is 0 Å². The number of pyridine rings is 1. The fraction of sp³-hybridized carbons (Fsp3) is 0.476. The molecule has 5 heteroatoms. The molecule has 0 spiro atoms. The van der Waals surface area contributed by atoms with Crippen molar-refractivity contribution in [2.24, 2.45) is 0 Å². The lowest BCUT2D eigenvalue weighted by molar-refractivity contribution is -0.139. The van der Waals surface area contributed by atoms with Crippen molar-refractivity contribution in [1.29, 1.82) is 0 Å². The topological polar surface area (TPSA) is 68.3 Å². The zero-order chi connectivity index (χ0) is 18.5. The zero-order valence-electron chi connectivity index (χ0n) is 15.5. The van der Waals surface area contributed by atoms with Crippen molar-refractivity contribution in [2.45, 2.75) is 58.3 Å². The molecule has 0 radical (unpaired) electrons. The minimum absolute atomic E-state index is 0.0955. The first-order chi connectivity index (χ1) is 12.6. The maximum atomic E-state index is 12.9. The lowest BCUT2D eigenvalue weighted by Gasteiger charge is -2.33. The first-order valence-corrected chi connectivity index (χ1v) is 9.45. The largest absolute Gasteiger partial charge is 0.462 e. The third kappa shape index (κ3) is 3.71. The van der Waals surface area contributed by atoms with Gasteiger partial charge in [0.15, 0.2) is 5.78 Å². The van der Waals surface area contributed by atoms with E-state index in [0.29, 0.717) is 24.2 Å². The Morgan fingerprint density at radius 1 is 1.31 bits per heavy atom. The summed E-state index contributed by atoms with van der Waals surface area (Å²) in [4.78, 5) is 30.0. The predicted molar refractivity (Wildman–Crippen MR) is 99.2 cm³/mol. The Bertz CT molecular complexity index is 750. The molecule has 1 aromatic heterocycles. The molecule has 0 aromatic carbocycles. The minimum atomic E-state index is -0.445. The van der Waals surface area contributed by atoms with Crippen molar-refractivity contribution in [3.05, 3.63) is 52.6 Å². The zero-order valence-corrected chi connectivity index (χ0v) is 15.5. The van der Waals surface area contributed by atoms with Crippen molar-refractivity contribution in [3.63, 3.8) is 0 Å². The fourth-order valence-corrected chi connectivity index (χ4v) is 3.69. The molecule has 0 bridgehead atoms. The van der Waals surface area contributed by atoms with Crippen LogP contribution >= 0.6 is 0 Å². The number of rotatable bonds is 6. The standard InChI is InChI=1S/C21H26N2O3/c1-3-4-7-13-26-21(25)18-14(2)23-16-10-8-11-17(24)19(16)20(18)15-9-5-6-12-22-15/h5-6,9,12,20,23H,3-4,7-8,10-11,13H2,1-2H3. The molecule has 0 amide bonds. The number of nitrogens with one attached hydrogen (secondary N) is 1. The Morgan fingerprint density at radius 2 is 2.15 bits per heavy atom. The van der Waals surface area contributed by atoms with Crippen molar-refractivity contribution >= 4 is 11.8 Å². The highest BCUT2D eigenvalue weighted by molar-refractivity contribution is 6.03. The molecule has 5 nitrogen and oxygen atoms in total. The Kier molecular flexibility index (Phi) is 5.86. The number of carbonyl (C=O) groups excluding carboxylic acids is 2. The van der Waals surface area contributed by atoms with Gasteiger partial charge in [0, 0.05) is 29.6 Å². The molecule has 3 rings (SSSR count). The molecule has 138 valence electrons. The molecule has 0 saturated carbocycles. The third-order valence-corrected chi connectivity index (χ3v) is 4.96. The summed E-state index contributed by atoms with van der Waals surface area (Å²) in [6, 6.07) is 5.60. The van der Waals surface area contributed by atoms with E-state index in [1.165, 1.54) is 0 Å². The van der Waals surface area contributed by atoms with Gasteiger partial charge in [-0.1, -0.05) is 25.8 Å². The van der Waals surface area contributed by atoms with E-state index < -0.39 is 5.92 Å². The number of nitrogens with zero attached hydrogens (tertiary/aromatic N) is 1. The summed E-state index contributed by atoms with van der Waals surface area (Å²) >= 11 is 0. The van der Waals surface area contributed by atoms with Gasteiger partial charge in [0.1, 0.15) is 0 Å². The number of unbranched alkanes of at least 4 members (excludes halogenated alkanes) is 2. The Balaban J connectivity index is 1.95. The number of hydrogen-bond acceptors (Lipinski definition) is 5. The first-order valence-electron chi connectivity index (χ1n) is 9.45. The van der Waals surface area contributed by atoms with Gasteiger partial charge in [-0.3, -0.25) is 9.78 Å². The molecule has 1 N–H and O–H groups in total. The van der Waals surface area contributed by atoms with Crippen molar-refractivity contribution in [2.75, 3.05) is 6.61 Å². The van der Waals surface area contributed by atoms with Gasteiger partial charge in [0.2, 0.25) is 0 Å². The van der Waals surface area contributed by atoms with Crippen molar-refractivity contribution < 1.29 is 14.3 Å². The molecule has 2 heterocycles. The van der Waals surface area contributed by atoms with Crippen LogP contribution in [0.2, 0.25) is 0 Å². The van der Waals surface area contributed by atoms with Crippen LogP contribution in [0.3, 0.4) is 0 Å². The van der Waals surface area contributed by atoms with E-state index in [-0.39, 0.29) is 11.8 Å². The quantitative estimate of drug-likeness (QED) is 0.622. The maximum Gasteiger partial charge on any atom is 0.336 e. The highest BCUT2D eigenvalue weighted by Crippen LogP contribution is 2.41. The summed E-state index contributed by atoms with van der Waals surface area (Å²) in [6.07, 6.45) is 6.82. The fourth-order valence-electron chi connectivity index (χ4n) is 3.69. The molecule has 1 aliphatic carbocycles. The number of hydrogen-bond donors (Lipinski definition) is 1. The summed E-state index contributed by atoms with van der Waals surface area (Å²) < 4.78 is 5.52. The van der Waals surface area contributed by atoms with Crippen LogP contribution in [0.5, 0.6) is 0 Å². The lowest BCUT2D eigenvalue weighted by atomic mass is 9.77. The summed E-state index contributed by atoms with van der Waals surface area (Å²) in [5.41, 5.74) is 3.60. The van der Waals surface area contributed by atoms with Crippen LogP contribution in [-0.4, -0.2) is 23.3 Å². The van der Waals surface area contributed by atoms with E-state index in [1.54, 1.807) is 6.20 Å². The van der Waals surface area contributed by atoms with Crippen LogP contribution in [0, 0.1) is 0 Å². The van der Waals surface area contributed by atoms with E-state index >= 15 is 0 Å². The van der Waals surface area contributed by atoms with Crippen LogP contribution in [0.1, 0.15) is 64.0 Å².